The van der Waals surface area contributed by atoms with Gasteiger partial charge in [0.25, 0.3) is 0 Å². The summed E-state index contributed by atoms with van der Waals surface area (Å²) in [4.78, 5) is 0. The lowest BCUT2D eigenvalue weighted by Gasteiger charge is -2.20. The van der Waals surface area contributed by atoms with Gasteiger partial charge in [0.05, 0.1) is 5.02 Å². The summed E-state index contributed by atoms with van der Waals surface area (Å²) in [6, 6.07) is 16.5. The van der Waals surface area contributed by atoms with E-state index in [9.17, 15) is 4.39 Å². The van der Waals surface area contributed by atoms with Crippen LogP contribution in [0, 0.1) is 17.5 Å². The molecule has 0 atom stereocenters. The molecule has 0 amide bonds. The molecule has 0 nitrogen and oxygen atoms in total. The molecule has 0 aliphatic rings. The summed E-state index contributed by atoms with van der Waals surface area (Å²) < 4.78 is 45.3. The third-order valence-corrected chi connectivity index (χ3v) is 6.73. The summed E-state index contributed by atoms with van der Waals surface area (Å²) in [5.74, 6) is -1.44. The predicted molar refractivity (Wildman–Crippen MR) is 137 cm³/mol. The SMILES string of the molecule is CCCCc1c(-c2ccc(-c3ccc(Cl)c(F)c3)c(F)c2)c(F)c2ccccc2c1CCCC. The molecule has 4 aromatic carbocycles. The van der Waals surface area contributed by atoms with Gasteiger partial charge >= 0.3 is 0 Å². The van der Waals surface area contributed by atoms with Gasteiger partial charge in [-0.15, -0.1) is 0 Å². The minimum Gasteiger partial charge on any atom is -0.206 e. The third kappa shape index (κ3) is 4.72. The largest absolute Gasteiger partial charge is 0.206 e. The Balaban J connectivity index is 1.93. The molecule has 34 heavy (non-hydrogen) atoms. The minimum absolute atomic E-state index is 0.0146. The summed E-state index contributed by atoms with van der Waals surface area (Å²) in [5.41, 5.74) is 3.75. The average Bonchev–Trinajstić information content (AvgIpc) is 2.84. The number of hydrogen-bond donors (Lipinski definition) is 0. The number of aryl methyl sites for hydroxylation is 1. The molecule has 0 aliphatic heterocycles. The van der Waals surface area contributed by atoms with Crippen molar-refractivity contribution < 1.29 is 13.2 Å². The summed E-state index contributed by atoms with van der Waals surface area (Å²) in [5, 5.41) is 1.49. The highest BCUT2D eigenvalue weighted by Crippen LogP contribution is 2.39. The van der Waals surface area contributed by atoms with E-state index in [0.717, 1.165) is 55.0 Å². The molecule has 0 spiro atoms. The maximum Gasteiger partial charge on any atom is 0.142 e. The van der Waals surface area contributed by atoms with Crippen LogP contribution in [-0.4, -0.2) is 0 Å². The van der Waals surface area contributed by atoms with Crippen molar-refractivity contribution in [3.8, 4) is 22.3 Å². The van der Waals surface area contributed by atoms with Gasteiger partial charge in [-0.05, 0) is 71.5 Å². The first-order valence-electron chi connectivity index (χ1n) is 11.9. The molecule has 176 valence electrons. The van der Waals surface area contributed by atoms with Crippen LogP contribution in [0.5, 0.6) is 0 Å². The molecule has 4 aromatic rings. The number of rotatable bonds is 8. The van der Waals surface area contributed by atoms with E-state index in [1.807, 2.05) is 18.2 Å². The van der Waals surface area contributed by atoms with Gasteiger partial charge in [-0.25, -0.2) is 13.2 Å². The standard InChI is InChI=1S/C30H28ClF3/c1-3-5-9-22-23-11-7-8-12-25(23)30(34)29(24(22)10-6-4-2)20-13-15-21(27(32)18-20)19-14-16-26(31)28(33)17-19/h7-8,11-18H,3-6,9-10H2,1-2H3. The number of unbranched alkanes of at least 4 members (excludes halogenated alkanes) is 2. The van der Waals surface area contributed by atoms with Crippen LogP contribution in [0.1, 0.15) is 50.7 Å². The first-order valence-corrected chi connectivity index (χ1v) is 12.3. The van der Waals surface area contributed by atoms with Gasteiger partial charge in [0.15, 0.2) is 0 Å². The fourth-order valence-electron chi connectivity index (χ4n) is 4.66. The van der Waals surface area contributed by atoms with Gasteiger partial charge in [0, 0.05) is 16.5 Å². The van der Waals surface area contributed by atoms with Crippen LogP contribution in [0.15, 0.2) is 60.7 Å². The highest BCUT2D eigenvalue weighted by molar-refractivity contribution is 6.30. The molecule has 0 saturated carbocycles. The van der Waals surface area contributed by atoms with Crippen molar-refractivity contribution in [3.63, 3.8) is 0 Å². The van der Waals surface area contributed by atoms with E-state index in [1.54, 1.807) is 24.3 Å². The predicted octanol–water partition coefficient (Wildman–Crippen LogP) is 9.93. The van der Waals surface area contributed by atoms with E-state index in [-0.39, 0.29) is 16.4 Å². The highest BCUT2D eigenvalue weighted by atomic mass is 35.5. The van der Waals surface area contributed by atoms with Gasteiger partial charge in [0.2, 0.25) is 0 Å². The van der Waals surface area contributed by atoms with Crippen LogP contribution < -0.4 is 0 Å². The molecule has 0 aromatic heterocycles. The van der Waals surface area contributed by atoms with Crippen molar-refractivity contribution in [1.29, 1.82) is 0 Å². The van der Waals surface area contributed by atoms with Crippen molar-refractivity contribution in [2.75, 3.05) is 0 Å². The second-order valence-corrected chi connectivity index (χ2v) is 9.13. The molecule has 4 heteroatoms. The van der Waals surface area contributed by atoms with E-state index in [0.29, 0.717) is 22.1 Å². The van der Waals surface area contributed by atoms with E-state index in [4.69, 9.17) is 11.6 Å². The summed E-state index contributed by atoms with van der Waals surface area (Å²) in [7, 11) is 0. The highest BCUT2D eigenvalue weighted by Gasteiger charge is 2.21. The third-order valence-electron chi connectivity index (χ3n) is 6.42. The van der Waals surface area contributed by atoms with Crippen LogP contribution in [0.2, 0.25) is 5.02 Å². The molecule has 4 rings (SSSR count). The van der Waals surface area contributed by atoms with Crippen molar-refractivity contribution in [1.82, 2.24) is 0 Å². The molecule has 0 bridgehead atoms. The van der Waals surface area contributed by atoms with Crippen LogP contribution in [0.4, 0.5) is 13.2 Å². The van der Waals surface area contributed by atoms with E-state index in [1.165, 1.54) is 18.2 Å². The number of fused-ring (bicyclic) bond motifs is 1. The smallest absolute Gasteiger partial charge is 0.142 e. The van der Waals surface area contributed by atoms with Crippen molar-refractivity contribution in [2.45, 2.75) is 52.4 Å². The lowest BCUT2D eigenvalue weighted by molar-refractivity contribution is 0.624. The van der Waals surface area contributed by atoms with Gasteiger partial charge in [0.1, 0.15) is 17.5 Å². The first kappa shape index (κ1) is 24.3. The van der Waals surface area contributed by atoms with E-state index >= 15 is 8.78 Å². The zero-order valence-electron chi connectivity index (χ0n) is 19.5. The van der Waals surface area contributed by atoms with E-state index < -0.39 is 11.6 Å². The monoisotopic (exact) mass is 480 g/mol. The van der Waals surface area contributed by atoms with Crippen LogP contribution in [0.3, 0.4) is 0 Å². The lowest BCUT2D eigenvalue weighted by Crippen LogP contribution is -2.04. The second-order valence-electron chi connectivity index (χ2n) is 8.72. The van der Waals surface area contributed by atoms with Crippen LogP contribution in [0.25, 0.3) is 33.0 Å². The number of halogens is 4. The number of hydrogen-bond acceptors (Lipinski definition) is 0. The number of benzene rings is 4. The normalized spacial score (nSPS) is 11.4. The Bertz CT molecular complexity index is 1330. The summed E-state index contributed by atoms with van der Waals surface area (Å²) >= 11 is 5.78. The Morgan fingerprint density at radius 2 is 1.29 bits per heavy atom. The fraction of sp³-hybridized carbons (Fsp3) is 0.267. The van der Waals surface area contributed by atoms with Crippen molar-refractivity contribution in [3.05, 3.63) is 94.3 Å². The molecule has 0 aliphatic carbocycles. The Labute approximate surface area is 204 Å². The van der Waals surface area contributed by atoms with Crippen molar-refractivity contribution in [2.24, 2.45) is 0 Å². The summed E-state index contributed by atoms with van der Waals surface area (Å²) in [6.45, 7) is 4.26. The topological polar surface area (TPSA) is 0 Å². The van der Waals surface area contributed by atoms with Gasteiger partial charge in [-0.3, -0.25) is 0 Å². The van der Waals surface area contributed by atoms with Crippen molar-refractivity contribution >= 4 is 22.4 Å². The average molecular weight is 481 g/mol. The molecule has 0 radical (unpaired) electrons. The first-order chi connectivity index (χ1) is 16.5. The Hall–Kier alpha value is -2.78. The lowest BCUT2D eigenvalue weighted by atomic mass is 9.85. The molecule has 0 heterocycles. The quantitative estimate of drug-likeness (QED) is 0.235. The summed E-state index contributed by atoms with van der Waals surface area (Å²) in [6.07, 6.45) is 5.54. The Kier molecular flexibility index (Phi) is 7.63. The second kappa shape index (κ2) is 10.7. The van der Waals surface area contributed by atoms with Gasteiger partial charge in [-0.1, -0.05) is 80.8 Å². The van der Waals surface area contributed by atoms with Crippen LogP contribution >= 0.6 is 11.6 Å². The Morgan fingerprint density at radius 1 is 0.676 bits per heavy atom. The van der Waals surface area contributed by atoms with Crippen LogP contribution in [-0.2, 0) is 12.8 Å². The zero-order chi connectivity index (χ0) is 24.2. The molecule has 0 unspecified atom stereocenters. The maximum atomic E-state index is 16.0. The fourth-order valence-corrected chi connectivity index (χ4v) is 4.77. The van der Waals surface area contributed by atoms with Gasteiger partial charge < -0.3 is 0 Å². The maximum absolute atomic E-state index is 16.0. The molecule has 0 saturated heterocycles. The molecular formula is C30H28ClF3. The minimum atomic E-state index is -0.606. The molecular weight excluding hydrogens is 453 g/mol. The Morgan fingerprint density at radius 3 is 1.94 bits per heavy atom. The molecule has 0 fully saturated rings. The zero-order valence-corrected chi connectivity index (χ0v) is 20.3. The van der Waals surface area contributed by atoms with E-state index in [2.05, 4.69) is 13.8 Å². The molecule has 0 N–H and O–H groups in total. The van der Waals surface area contributed by atoms with Gasteiger partial charge in [-0.2, -0.15) is 0 Å².